The highest BCUT2D eigenvalue weighted by Crippen LogP contribution is 2.38. The first-order valence-corrected chi connectivity index (χ1v) is 7.53. The lowest BCUT2D eigenvalue weighted by Gasteiger charge is -2.13. The summed E-state index contributed by atoms with van der Waals surface area (Å²) < 4.78 is 20.9. The van der Waals surface area contributed by atoms with Crippen LogP contribution in [0.3, 0.4) is 0 Å². The number of aromatic nitrogens is 1. The van der Waals surface area contributed by atoms with E-state index in [1.54, 1.807) is 6.92 Å². The number of carbonyl (C=O) groups excluding carboxylic acids is 1. The van der Waals surface area contributed by atoms with Crippen molar-refractivity contribution in [1.29, 1.82) is 0 Å². The van der Waals surface area contributed by atoms with Crippen LogP contribution in [0.25, 0.3) is 10.9 Å². The van der Waals surface area contributed by atoms with E-state index in [-0.39, 0.29) is 23.6 Å². The Morgan fingerprint density at radius 2 is 2.19 bits per heavy atom. The molecule has 0 atom stereocenters. The molecular weight excluding hydrogens is 341 g/mol. The third-order valence-corrected chi connectivity index (χ3v) is 4.08. The van der Waals surface area contributed by atoms with Gasteiger partial charge in [0.1, 0.15) is 11.4 Å². The van der Waals surface area contributed by atoms with Crippen LogP contribution in [-0.4, -0.2) is 17.1 Å². The van der Waals surface area contributed by atoms with Crippen LogP contribution in [0.5, 0.6) is 0 Å². The van der Waals surface area contributed by atoms with Crippen molar-refractivity contribution in [3.05, 3.63) is 44.4 Å². The predicted molar refractivity (Wildman–Crippen MR) is 80.1 cm³/mol. The lowest BCUT2D eigenvalue weighted by molar-refractivity contribution is 0.0524. The zero-order valence-corrected chi connectivity index (χ0v) is 12.9. The van der Waals surface area contributed by atoms with E-state index in [2.05, 4.69) is 15.9 Å². The molecule has 6 heteroatoms. The first kappa shape index (κ1) is 14.3. The van der Waals surface area contributed by atoms with Crippen LogP contribution in [0.4, 0.5) is 4.39 Å². The molecule has 0 bridgehead atoms. The maximum absolute atomic E-state index is 13.6. The number of rotatable bonds is 3. The number of fused-ring (bicyclic) bond motifs is 1. The van der Waals surface area contributed by atoms with Gasteiger partial charge >= 0.3 is 5.97 Å². The topological polar surface area (TPSA) is 48.3 Å². The van der Waals surface area contributed by atoms with Crippen molar-refractivity contribution in [3.63, 3.8) is 0 Å². The Labute approximate surface area is 128 Å². The summed E-state index contributed by atoms with van der Waals surface area (Å²) >= 11 is 3.31. The Hall–Kier alpha value is -1.69. The van der Waals surface area contributed by atoms with E-state index in [1.165, 1.54) is 18.3 Å². The molecule has 0 amide bonds. The van der Waals surface area contributed by atoms with Gasteiger partial charge in [-0.05, 0) is 47.8 Å². The number of pyridine rings is 1. The van der Waals surface area contributed by atoms with Gasteiger partial charge in [0.05, 0.1) is 17.5 Å². The molecule has 0 N–H and O–H groups in total. The van der Waals surface area contributed by atoms with E-state index in [4.69, 9.17) is 4.74 Å². The normalized spacial score (nSPS) is 14.4. The van der Waals surface area contributed by atoms with Crippen LogP contribution in [0, 0.1) is 5.82 Å². The fourth-order valence-corrected chi connectivity index (χ4v) is 3.04. The fraction of sp³-hybridized carbons (Fsp3) is 0.333. The van der Waals surface area contributed by atoms with Crippen LogP contribution >= 0.6 is 15.9 Å². The third kappa shape index (κ3) is 2.48. The maximum atomic E-state index is 13.6. The molecule has 1 heterocycles. The van der Waals surface area contributed by atoms with Gasteiger partial charge < -0.3 is 9.30 Å². The number of hydrogen-bond acceptors (Lipinski definition) is 3. The fourth-order valence-electron chi connectivity index (χ4n) is 2.40. The van der Waals surface area contributed by atoms with E-state index >= 15 is 0 Å². The van der Waals surface area contributed by atoms with Crippen molar-refractivity contribution in [1.82, 2.24) is 4.57 Å². The average Bonchev–Trinajstić information content (AvgIpc) is 3.24. The Bertz CT molecular complexity index is 796. The summed E-state index contributed by atoms with van der Waals surface area (Å²) in [5.41, 5.74) is 0.0752. The van der Waals surface area contributed by atoms with Gasteiger partial charge in [-0.3, -0.25) is 4.79 Å². The van der Waals surface area contributed by atoms with Gasteiger partial charge in [-0.15, -0.1) is 0 Å². The molecule has 0 saturated heterocycles. The van der Waals surface area contributed by atoms with Crippen molar-refractivity contribution in [2.45, 2.75) is 25.8 Å². The van der Waals surface area contributed by atoms with Crippen molar-refractivity contribution < 1.29 is 13.9 Å². The van der Waals surface area contributed by atoms with Crippen molar-refractivity contribution in [2.24, 2.45) is 0 Å². The SMILES string of the molecule is CCOC(=O)c1cn(C2CC2)c2c(Br)cc(F)cc2c1=O. The molecule has 2 aromatic rings. The minimum Gasteiger partial charge on any atom is -0.462 e. The maximum Gasteiger partial charge on any atom is 0.343 e. The molecule has 1 aromatic carbocycles. The first-order chi connectivity index (χ1) is 10.0. The summed E-state index contributed by atoms with van der Waals surface area (Å²) in [6.07, 6.45) is 3.48. The summed E-state index contributed by atoms with van der Waals surface area (Å²) in [6, 6.07) is 2.73. The zero-order chi connectivity index (χ0) is 15.1. The summed E-state index contributed by atoms with van der Waals surface area (Å²) in [7, 11) is 0. The summed E-state index contributed by atoms with van der Waals surface area (Å²) in [6.45, 7) is 1.86. The van der Waals surface area contributed by atoms with Crippen LogP contribution in [0.2, 0.25) is 0 Å². The van der Waals surface area contributed by atoms with Gasteiger partial charge in [0, 0.05) is 16.7 Å². The van der Waals surface area contributed by atoms with Gasteiger partial charge in [0.2, 0.25) is 5.43 Å². The molecule has 1 aliphatic carbocycles. The molecule has 0 aliphatic heterocycles. The van der Waals surface area contributed by atoms with Crippen LogP contribution in [0.15, 0.2) is 27.6 Å². The number of esters is 1. The molecule has 1 fully saturated rings. The van der Waals surface area contributed by atoms with Gasteiger partial charge in [0.15, 0.2) is 0 Å². The van der Waals surface area contributed by atoms with Crippen molar-refractivity contribution >= 4 is 32.8 Å². The molecule has 1 aliphatic rings. The lowest BCUT2D eigenvalue weighted by atomic mass is 10.1. The monoisotopic (exact) mass is 353 g/mol. The van der Waals surface area contributed by atoms with Crippen molar-refractivity contribution in [3.8, 4) is 0 Å². The number of carbonyl (C=O) groups is 1. The Morgan fingerprint density at radius 3 is 2.81 bits per heavy atom. The second kappa shape index (κ2) is 5.26. The van der Waals surface area contributed by atoms with Crippen LogP contribution < -0.4 is 5.43 Å². The molecule has 110 valence electrons. The Kier molecular flexibility index (Phi) is 3.57. The van der Waals surface area contributed by atoms with E-state index in [0.717, 1.165) is 12.8 Å². The number of nitrogens with zero attached hydrogens (tertiary/aromatic N) is 1. The second-order valence-corrected chi connectivity index (χ2v) is 5.87. The molecule has 1 saturated carbocycles. The molecule has 21 heavy (non-hydrogen) atoms. The molecule has 0 unspecified atom stereocenters. The predicted octanol–water partition coefficient (Wildman–Crippen LogP) is 3.41. The minimum absolute atomic E-state index is 0.0475. The van der Waals surface area contributed by atoms with Gasteiger partial charge in [-0.1, -0.05) is 0 Å². The van der Waals surface area contributed by atoms with Gasteiger partial charge in [0.25, 0.3) is 0 Å². The highest BCUT2D eigenvalue weighted by molar-refractivity contribution is 9.10. The Balaban J connectivity index is 2.34. The summed E-state index contributed by atoms with van der Waals surface area (Å²) in [5, 5.41) is 0.194. The molecule has 0 radical (unpaired) electrons. The molecular formula is C15H13BrFNO3. The highest BCUT2D eigenvalue weighted by atomic mass is 79.9. The minimum atomic E-state index is -0.667. The molecule has 3 rings (SSSR count). The van der Waals surface area contributed by atoms with Crippen LogP contribution in [-0.2, 0) is 4.74 Å². The molecule has 1 aromatic heterocycles. The quantitative estimate of drug-likeness (QED) is 0.794. The lowest BCUT2D eigenvalue weighted by Crippen LogP contribution is -2.21. The number of halogens is 2. The van der Waals surface area contributed by atoms with E-state index in [1.807, 2.05) is 4.57 Å². The smallest absolute Gasteiger partial charge is 0.343 e. The summed E-state index contributed by atoms with van der Waals surface area (Å²) in [5.74, 6) is -1.19. The summed E-state index contributed by atoms with van der Waals surface area (Å²) in [4.78, 5) is 24.4. The first-order valence-electron chi connectivity index (χ1n) is 6.74. The standard InChI is InChI=1S/C15H13BrFNO3/c1-2-21-15(20)11-7-18(9-3-4-9)13-10(14(11)19)5-8(17)6-12(13)16/h5-7,9H,2-4H2,1H3. The molecule has 4 nitrogen and oxygen atoms in total. The Morgan fingerprint density at radius 1 is 1.48 bits per heavy atom. The van der Waals surface area contributed by atoms with Crippen molar-refractivity contribution in [2.75, 3.05) is 6.61 Å². The highest BCUT2D eigenvalue weighted by Gasteiger charge is 2.28. The van der Waals surface area contributed by atoms with Gasteiger partial charge in [-0.25, -0.2) is 9.18 Å². The number of hydrogen-bond donors (Lipinski definition) is 0. The van der Waals surface area contributed by atoms with E-state index < -0.39 is 17.2 Å². The van der Waals surface area contributed by atoms with Gasteiger partial charge in [-0.2, -0.15) is 0 Å². The average molecular weight is 354 g/mol. The zero-order valence-electron chi connectivity index (χ0n) is 11.4. The van der Waals surface area contributed by atoms with Crippen LogP contribution in [0.1, 0.15) is 36.2 Å². The molecule has 0 spiro atoms. The third-order valence-electron chi connectivity index (χ3n) is 3.48. The number of benzene rings is 1. The van der Waals surface area contributed by atoms with E-state index in [9.17, 15) is 14.0 Å². The largest absolute Gasteiger partial charge is 0.462 e. The second-order valence-electron chi connectivity index (χ2n) is 5.01. The number of ether oxygens (including phenoxy) is 1. The van der Waals surface area contributed by atoms with E-state index in [0.29, 0.717) is 9.99 Å².